The molecule has 1 N–H and O–H groups in total. The molecule has 6 nitrogen and oxygen atoms in total. The van der Waals surface area contributed by atoms with E-state index in [9.17, 15) is 13.5 Å². The predicted molar refractivity (Wildman–Crippen MR) is 108 cm³/mol. The van der Waals surface area contributed by atoms with Crippen LogP contribution in [-0.4, -0.2) is 68.2 Å². The molecule has 3 atom stereocenters. The number of ether oxygens (including phenoxy) is 1. The molecular formula is C19H29BrN2O4S. The first-order valence-electron chi connectivity index (χ1n) is 9.49. The summed E-state index contributed by atoms with van der Waals surface area (Å²) in [5, 5.41) is 9.62. The van der Waals surface area contributed by atoms with Crippen molar-refractivity contribution in [3.63, 3.8) is 0 Å². The third-order valence-corrected chi connectivity index (χ3v) is 7.90. The molecule has 0 spiro atoms. The second-order valence-corrected chi connectivity index (χ2v) is 10.8. The first kappa shape index (κ1) is 21.0. The van der Waals surface area contributed by atoms with Crippen molar-refractivity contribution in [1.82, 2.24) is 9.21 Å². The van der Waals surface area contributed by atoms with Crippen LogP contribution in [0.4, 0.5) is 0 Å². The zero-order valence-corrected chi connectivity index (χ0v) is 18.5. The number of aliphatic hydroxyl groups excluding tert-OH is 1. The van der Waals surface area contributed by atoms with Crippen molar-refractivity contribution in [2.24, 2.45) is 11.8 Å². The van der Waals surface area contributed by atoms with Gasteiger partial charge in [0.05, 0.1) is 6.61 Å². The van der Waals surface area contributed by atoms with E-state index >= 15 is 0 Å². The molecular weight excluding hydrogens is 432 g/mol. The molecule has 0 saturated heterocycles. The summed E-state index contributed by atoms with van der Waals surface area (Å²) in [6.07, 6.45) is 2.45. The third-order valence-electron chi connectivity index (χ3n) is 5.39. The lowest BCUT2D eigenvalue weighted by Gasteiger charge is -2.37. The molecule has 2 aliphatic rings. The fourth-order valence-corrected chi connectivity index (χ4v) is 5.71. The zero-order valence-electron chi connectivity index (χ0n) is 16.1. The molecule has 0 amide bonds. The summed E-state index contributed by atoms with van der Waals surface area (Å²) in [6, 6.07) is 4.52. The highest BCUT2D eigenvalue weighted by Crippen LogP contribution is 2.35. The van der Waals surface area contributed by atoms with Crippen LogP contribution in [0.1, 0.15) is 26.7 Å². The number of halogens is 1. The summed E-state index contributed by atoms with van der Waals surface area (Å²) >= 11 is 3.42. The Labute approximate surface area is 170 Å². The molecule has 27 heavy (non-hydrogen) atoms. The lowest BCUT2D eigenvalue weighted by molar-refractivity contribution is 0.0740. The largest absolute Gasteiger partial charge is 0.487 e. The number of aliphatic hydroxyl groups is 1. The van der Waals surface area contributed by atoms with E-state index in [1.165, 1.54) is 17.1 Å². The van der Waals surface area contributed by atoms with Gasteiger partial charge in [-0.15, -0.1) is 0 Å². The number of likely N-dealkylation sites (N-methyl/N-ethyl adjacent to an activating group) is 1. The van der Waals surface area contributed by atoms with E-state index in [4.69, 9.17) is 4.74 Å². The molecule has 3 rings (SSSR count). The SMILES string of the molecule is C[C@@H]1CN([C@@H](C)CO)S(=O)(=O)c2ccc(Br)cc2O[C@@H]1CN(C)CC1CC1. The maximum Gasteiger partial charge on any atom is 0.247 e. The summed E-state index contributed by atoms with van der Waals surface area (Å²) in [7, 11) is -1.65. The van der Waals surface area contributed by atoms with Gasteiger partial charge in [-0.2, -0.15) is 4.31 Å². The van der Waals surface area contributed by atoms with Gasteiger partial charge in [-0.25, -0.2) is 8.42 Å². The van der Waals surface area contributed by atoms with Crippen molar-refractivity contribution in [3.8, 4) is 5.75 Å². The van der Waals surface area contributed by atoms with Crippen LogP contribution >= 0.6 is 15.9 Å². The van der Waals surface area contributed by atoms with Gasteiger partial charge in [-0.3, -0.25) is 0 Å². The average Bonchev–Trinajstić information content (AvgIpc) is 3.41. The fourth-order valence-electron chi connectivity index (χ4n) is 3.54. The molecule has 1 heterocycles. The Morgan fingerprint density at radius 1 is 1.37 bits per heavy atom. The topological polar surface area (TPSA) is 70.1 Å². The van der Waals surface area contributed by atoms with Gasteiger partial charge >= 0.3 is 0 Å². The van der Waals surface area contributed by atoms with Crippen LogP contribution < -0.4 is 4.74 Å². The number of sulfonamides is 1. The molecule has 1 aromatic carbocycles. The second kappa shape index (κ2) is 8.37. The Hall–Kier alpha value is -0.670. The molecule has 1 aliphatic carbocycles. The van der Waals surface area contributed by atoms with E-state index < -0.39 is 16.1 Å². The fraction of sp³-hybridized carbons (Fsp3) is 0.684. The first-order chi connectivity index (χ1) is 12.7. The highest BCUT2D eigenvalue weighted by molar-refractivity contribution is 9.10. The van der Waals surface area contributed by atoms with Crippen molar-refractivity contribution < 1.29 is 18.3 Å². The minimum atomic E-state index is -3.75. The normalized spacial score (nSPS) is 26.7. The maximum atomic E-state index is 13.2. The van der Waals surface area contributed by atoms with Crippen LogP contribution in [0.5, 0.6) is 5.75 Å². The number of rotatable bonds is 6. The highest BCUT2D eigenvalue weighted by Gasteiger charge is 2.38. The Kier molecular flexibility index (Phi) is 6.52. The van der Waals surface area contributed by atoms with Crippen LogP contribution in [0.25, 0.3) is 0 Å². The van der Waals surface area contributed by atoms with E-state index in [0.29, 0.717) is 12.3 Å². The molecule has 1 aromatic rings. The summed E-state index contributed by atoms with van der Waals surface area (Å²) in [5.41, 5.74) is 0. The summed E-state index contributed by atoms with van der Waals surface area (Å²) in [6.45, 7) is 5.65. The third kappa shape index (κ3) is 4.85. The van der Waals surface area contributed by atoms with Crippen LogP contribution in [0, 0.1) is 11.8 Å². The lowest BCUT2D eigenvalue weighted by atomic mass is 10.0. The number of nitrogens with zero attached hydrogens (tertiary/aromatic N) is 2. The number of benzene rings is 1. The molecule has 1 aliphatic heterocycles. The minimum absolute atomic E-state index is 0.0115. The summed E-state index contributed by atoms with van der Waals surface area (Å²) in [4.78, 5) is 2.44. The smallest absolute Gasteiger partial charge is 0.247 e. The van der Waals surface area contributed by atoms with Crippen molar-refractivity contribution in [2.45, 2.75) is 43.7 Å². The van der Waals surface area contributed by atoms with Gasteiger partial charge in [0.1, 0.15) is 16.7 Å². The van der Waals surface area contributed by atoms with Gasteiger partial charge in [0.25, 0.3) is 0 Å². The van der Waals surface area contributed by atoms with E-state index in [-0.39, 0.29) is 23.5 Å². The van der Waals surface area contributed by atoms with Gasteiger partial charge < -0.3 is 14.7 Å². The van der Waals surface area contributed by atoms with Gasteiger partial charge in [0, 0.05) is 36.1 Å². The van der Waals surface area contributed by atoms with Crippen LogP contribution in [0.2, 0.25) is 0 Å². The summed E-state index contributed by atoms with van der Waals surface area (Å²) in [5.74, 6) is 1.14. The van der Waals surface area contributed by atoms with Crippen LogP contribution in [0.3, 0.4) is 0 Å². The minimum Gasteiger partial charge on any atom is -0.487 e. The number of hydrogen-bond donors (Lipinski definition) is 1. The van der Waals surface area contributed by atoms with Gasteiger partial charge in [0.2, 0.25) is 10.0 Å². The van der Waals surface area contributed by atoms with E-state index in [0.717, 1.165) is 23.5 Å². The standard InChI is InChI=1S/C19H29BrN2O4S/c1-13-9-22(14(2)12-23)27(24,25)19-7-6-16(20)8-17(19)26-18(13)11-21(3)10-15-4-5-15/h6-8,13-15,18,23H,4-5,9-12H2,1-3H3/t13-,14+,18-/m1/s1. The van der Waals surface area contributed by atoms with E-state index in [2.05, 4.69) is 27.9 Å². The monoisotopic (exact) mass is 460 g/mol. The van der Waals surface area contributed by atoms with Crippen LogP contribution in [-0.2, 0) is 10.0 Å². The predicted octanol–water partition coefficient (Wildman–Crippen LogP) is 2.56. The molecule has 0 unspecified atom stereocenters. The first-order valence-corrected chi connectivity index (χ1v) is 11.7. The Morgan fingerprint density at radius 2 is 2.07 bits per heavy atom. The molecule has 0 radical (unpaired) electrons. The van der Waals surface area contributed by atoms with Gasteiger partial charge in [-0.05, 0) is 50.9 Å². The Bertz CT molecular complexity index is 769. The highest BCUT2D eigenvalue weighted by atomic mass is 79.9. The maximum absolute atomic E-state index is 13.2. The number of hydrogen-bond acceptors (Lipinski definition) is 5. The van der Waals surface area contributed by atoms with Crippen molar-refractivity contribution in [2.75, 3.05) is 33.3 Å². The molecule has 0 bridgehead atoms. The average molecular weight is 461 g/mol. The van der Waals surface area contributed by atoms with E-state index in [1.54, 1.807) is 25.1 Å². The van der Waals surface area contributed by atoms with Crippen molar-refractivity contribution in [1.29, 1.82) is 0 Å². The molecule has 1 saturated carbocycles. The van der Waals surface area contributed by atoms with Crippen molar-refractivity contribution in [3.05, 3.63) is 22.7 Å². The van der Waals surface area contributed by atoms with Gasteiger partial charge in [0.15, 0.2) is 0 Å². The summed E-state index contributed by atoms with van der Waals surface area (Å²) < 4.78 is 34.9. The molecule has 8 heteroatoms. The Morgan fingerprint density at radius 3 is 2.70 bits per heavy atom. The molecule has 0 aromatic heterocycles. The van der Waals surface area contributed by atoms with Crippen molar-refractivity contribution >= 4 is 26.0 Å². The van der Waals surface area contributed by atoms with Gasteiger partial charge in [-0.1, -0.05) is 22.9 Å². The number of fused-ring (bicyclic) bond motifs is 1. The zero-order chi connectivity index (χ0) is 19.8. The molecule has 1 fully saturated rings. The lowest BCUT2D eigenvalue weighted by Crippen LogP contribution is -2.49. The molecule has 152 valence electrons. The van der Waals surface area contributed by atoms with E-state index in [1.807, 2.05) is 6.92 Å². The Balaban J connectivity index is 1.95. The second-order valence-electron chi connectivity index (χ2n) is 8.00. The van der Waals surface area contributed by atoms with Crippen LogP contribution in [0.15, 0.2) is 27.6 Å². The quantitative estimate of drug-likeness (QED) is 0.706.